The lowest BCUT2D eigenvalue weighted by atomic mass is 9.88. The van der Waals surface area contributed by atoms with Crippen LogP contribution in [0.1, 0.15) is 308 Å². The van der Waals surface area contributed by atoms with E-state index in [4.69, 9.17) is 4.98 Å². The normalized spacial score (nSPS) is 11.7. The number of unbranched alkanes of at least 4 members (excludes halogenated alkanes) is 37. The molecule has 0 saturated carbocycles. The van der Waals surface area contributed by atoms with Crippen molar-refractivity contribution in [2.45, 2.75) is 303 Å². The molecule has 0 aromatic carbocycles. The fraction of sp³-hybridized carbons (Fsp3) is 0.904. The Bertz CT molecular complexity index is 791. The van der Waals surface area contributed by atoms with Crippen LogP contribution in [0.25, 0.3) is 0 Å². The van der Waals surface area contributed by atoms with Crippen LogP contribution < -0.4 is 0 Å². The molecule has 1 heteroatoms. The molecule has 1 aromatic rings. The lowest BCUT2D eigenvalue weighted by Gasteiger charge is -2.18. The predicted molar refractivity (Wildman–Crippen MR) is 242 cm³/mol. The molecule has 312 valence electrons. The second-order valence-electron chi connectivity index (χ2n) is 17.7. The van der Waals surface area contributed by atoms with Crippen molar-refractivity contribution in [1.82, 2.24) is 4.98 Å². The van der Waals surface area contributed by atoms with Crippen LogP contribution in [0.15, 0.2) is 18.3 Å². The van der Waals surface area contributed by atoms with E-state index in [1.165, 1.54) is 282 Å². The van der Waals surface area contributed by atoms with Crippen LogP contribution in [0.5, 0.6) is 0 Å². The highest BCUT2D eigenvalue weighted by Gasteiger charge is 2.13. The van der Waals surface area contributed by atoms with Gasteiger partial charge < -0.3 is 0 Å². The van der Waals surface area contributed by atoms with Gasteiger partial charge >= 0.3 is 0 Å². The van der Waals surface area contributed by atoms with Gasteiger partial charge in [-0.25, -0.2) is 0 Å². The zero-order valence-electron chi connectivity index (χ0n) is 37.2. The molecule has 0 aliphatic heterocycles. The van der Waals surface area contributed by atoms with Gasteiger partial charge in [0.2, 0.25) is 0 Å². The van der Waals surface area contributed by atoms with E-state index >= 15 is 0 Å². The SMILES string of the molecule is CCCCCCCCCCCCCCCCCCCCCCc1cc(C(CCCCCCCCCCCC)CCCCCCCCCCCC)ccn1. The quantitative estimate of drug-likeness (QED) is 0.0608. The Morgan fingerprint density at radius 1 is 0.340 bits per heavy atom. The van der Waals surface area contributed by atoms with Crippen molar-refractivity contribution in [3.8, 4) is 0 Å². The monoisotopic (exact) mass is 738 g/mol. The van der Waals surface area contributed by atoms with Gasteiger partial charge in [0.25, 0.3) is 0 Å². The maximum absolute atomic E-state index is 4.85. The van der Waals surface area contributed by atoms with Crippen molar-refractivity contribution in [2.24, 2.45) is 0 Å². The van der Waals surface area contributed by atoms with Crippen LogP contribution in [-0.4, -0.2) is 4.98 Å². The topological polar surface area (TPSA) is 12.9 Å². The zero-order chi connectivity index (χ0) is 38.0. The van der Waals surface area contributed by atoms with Crippen molar-refractivity contribution >= 4 is 0 Å². The Morgan fingerprint density at radius 2 is 0.604 bits per heavy atom. The number of rotatable bonds is 44. The molecule has 0 saturated heterocycles. The first-order valence-electron chi connectivity index (χ1n) is 25.3. The zero-order valence-corrected chi connectivity index (χ0v) is 37.2. The van der Waals surface area contributed by atoms with E-state index < -0.39 is 0 Å². The summed E-state index contributed by atoms with van der Waals surface area (Å²) >= 11 is 0. The van der Waals surface area contributed by atoms with Gasteiger partial charge in [0.05, 0.1) is 0 Å². The van der Waals surface area contributed by atoms with Crippen LogP contribution in [-0.2, 0) is 6.42 Å². The third kappa shape index (κ3) is 35.3. The Hall–Kier alpha value is -0.850. The average molecular weight is 738 g/mol. The Labute approximate surface area is 336 Å². The molecule has 0 atom stereocenters. The molecule has 0 spiro atoms. The minimum atomic E-state index is 0.745. The molecular formula is C52H99N. The van der Waals surface area contributed by atoms with E-state index in [0.717, 1.165) is 5.92 Å². The summed E-state index contributed by atoms with van der Waals surface area (Å²) in [6.45, 7) is 6.95. The lowest BCUT2D eigenvalue weighted by Crippen LogP contribution is -2.02. The van der Waals surface area contributed by atoms with Crippen LogP contribution in [0.4, 0.5) is 0 Å². The maximum atomic E-state index is 4.85. The molecule has 0 bridgehead atoms. The highest BCUT2D eigenvalue weighted by Crippen LogP contribution is 2.30. The number of hydrogen-bond donors (Lipinski definition) is 0. The van der Waals surface area contributed by atoms with Gasteiger partial charge in [-0.1, -0.05) is 271 Å². The van der Waals surface area contributed by atoms with Crippen molar-refractivity contribution in [3.63, 3.8) is 0 Å². The Kier molecular flexibility index (Phi) is 40.0. The van der Waals surface area contributed by atoms with E-state index in [1.54, 1.807) is 5.56 Å². The number of pyridine rings is 1. The smallest absolute Gasteiger partial charge is 0.0406 e. The van der Waals surface area contributed by atoms with Gasteiger partial charge in [-0.15, -0.1) is 0 Å². The summed E-state index contributed by atoms with van der Waals surface area (Å²) in [5, 5.41) is 0. The first kappa shape index (κ1) is 50.2. The highest BCUT2D eigenvalue weighted by atomic mass is 14.7. The van der Waals surface area contributed by atoms with E-state index in [9.17, 15) is 0 Å². The highest BCUT2D eigenvalue weighted by molar-refractivity contribution is 5.21. The molecule has 0 aliphatic carbocycles. The van der Waals surface area contributed by atoms with E-state index in [0.29, 0.717) is 0 Å². The molecule has 0 aliphatic rings. The minimum Gasteiger partial charge on any atom is -0.261 e. The molecule has 1 nitrogen and oxygen atoms in total. The third-order valence-corrected chi connectivity index (χ3v) is 12.4. The standard InChI is InChI=1S/C52H99N/c1-4-7-10-13-16-19-22-23-24-25-26-27-28-29-30-31-34-37-40-43-46-52-49-51(47-48-53-52)50(44-41-38-35-32-20-17-14-11-8-5-2)45-42-39-36-33-21-18-15-12-9-6-3/h47-50H,4-46H2,1-3H3. The first-order valence-corrected chi connectivity index (χ1v) is 25.3. The molecule has 53 heavy (non-hydrogen) atoms. The fourth-order valence-corrected chi connectivity index (χ4v) is 8.68. The van der Waals surface area contributed by atoms with Crippen LogP contribution in [0.2, 0.25) is 0 Å². The summed E-state index contributed by atoms with van der Waals surface area (Å²) in [7, 11) is 0. The summed E-state index contributed by atoms with van der Waals surface area (Å²) in [6, 6.07) is 4.89. The maximum Gasteiger partial charge on any atom is 0.0406 e. The van der Waals surface area contributed by atoms with Gasteiger partial charge in [-0.3, -0.25) is 4.98 Å². The summed E-state index contributed by atoms with van der Waals surface area (Å²) in [6.07, 6.45) is 63.8. The van der Waals surface area contributed by atoms with E-state index in [2.05, 4.69) is 39.1 Å². The molecule has 0 amide bonds. The summed E-state index contributed by atoms with van der Waals surface area (Å²) in [5.74, 6) is 0.745. The fourth-order valence-electron chi connectivity index (χ4n) is 8.68. The van der Waals surface area contributed by atoms with Gasteiger partial charge in [0.15, 0.2) is 0 Å². The largest absolute Gasteiger partial charge is 0.261 e. The van der Waals surface area contributed by atoms with Gasteiger partial charge in [0.1, 0.15) is 0 Å². The third-order valence-electron chi connectivity index (χ3n) is 12.4. The lowest BCUT2D eigenvalue weighted by molar-refractivity contribution is 0.480. The van der Waals surface area contributed by atoms with Crippen molar-refractivity contribution in [2.75, 3.05) is 0 Å². The van der Waals surface area contributed by atoms with E-state index in [-0.39, 0.29) is 0 Å². The van der Waals surface area contributed by atoms with Crippen LogP contribution in [0, 0.1) is 0 Å². The van der Waals surface area contributed by atoms with Crippen molar-refractivity contribution in [1.29, 1.82) is 0 Å². The van der Waals surface area contributed by atoms with E-state index in [1.807, 2.05) is 0 Å². The van der Waals surface area contributed by atoms with Gasteiger partial charge in [-0.05, 0) is 49.3 Å². The number of aryl methyl sites for hydroxylation is 1. The molecule has 1 aromatic heterocycles. The first-order chi connectivity index (χ1) is 26.3. The number of hydrogen-bond acceptors (Lipinski definition) is 1. The molecular weight excluding hydrogens is 639 g/mol. The summed E-state index contributed by atoms with van der Waals surface area (Å²) in [5.41, 5.74) is 2.97. The number of aromatic nitrogens is 1. The van der Waals surface area contributed by atoms with Crippen molar-refractivity contribution < 1.29 is 0 Å². The van der Waals surface area contributed by atoms with Crippen molar-refractivity contribution in [3.05, 3.63) is 29.6 Å². The molecule has 1 rings (SSSR count). The van der Waals surface area contributed by atoms with Crippen LogP contribution in [0.3, 0.4) is 0 Å². The minimum absolute atomic E-state index is 0.745. The summed E-state index contributed by atoms with van der Waals surface area (Å²) in [4.78, 5) is 4.85. The van der Waals surface area contributed by atoms with Crippen LogP contribution >= 0.6 is 0 Å². The van der Waals surface area contributed by atoms with Gasteiger partial charge in [0, 0.05) is 11.9 Å². The second-order valence-corrected chi connectivity index (χ2v) is 17.7. The Balaban J connectivity index is 2.21. The second kappa shape index (κ2) is 42.3. The Morgan fingerprint density at radius 3 is 0.906 bits per heavy atom. The molecule has 0 radical (unpaired) electrons. The van der Waals surface area contributed by atoms with Gasteiger partial charge in [-0.2, -0.15) is 0 Å². The molecule has 0 unspecified atom stereocenters. The average Bonchev–Trinajstić information content (AvgIpc) is 3.17. The predicted octanol–water partition coefficient (Wildman–Crippen LogP) is 19.2. The summed E-state index contributed by atoms with van der Waals surface area (Å²) < 4.78 is 0. The molecule has 0 fully saturated rings. The molecule has 1 heterocycles. The number of nitrogens with zero attached hydrogens (tertiary/aromatic N) is 1. The molecule has 0 N–H and O–H groups in total.